The summed E-state index contributed by atoms with van der Waals surface area (Å²) in [7, 11) is 0. The van der Waals surface area contributed by atoms with Gasteiger partial charge in [-0.05, 0) is 51.3 Å². The first-order valence-corrected chi connectivity index (χ1v) is 7.10. The van der Waals surface area contributed by atoms with Crippen LogP contribution in [-0.2, 0) is 6.42 Å². The van der Waals surface area contributed by atoms with Gasteiger partial charge in [0.25, 0.3) is 0 Å². The first-order valence-electron chi connectivity index (χ1n) is 7.10. The average Bonchev–Trinajstić information content (AvgIpc) is 2.33. The van der Waals surface area contributed by atoms with Crippen molar-refractivity contribution in [2.45, 2.75) is 39.2 Å². The lowest BCUT2D eigenvalue weighted by molar-refractivity contribution is 0.0895. The number of hydrogen-bond donors (Lipinski definition) is 1. The van der Waals surface area contributed by atoms with Crippen LogP contribution in [0.1, 0.15) is 31.4 Å². The minimum Gasteiger partial charge on any atom is -0.314 e. The van der Waals surface area contributed by atoms with Crippen molar-refractivity contribution in [3.63, 3.8) is 0 Å². The number of nitrogens with zero attached hydrogens (tertiary/aromatic N) is 1. The van der Waals surface area contributed by atoms with Gasteiger partial charge in [0, 0.05) is 25.2 Å². The zero-order valence-corrected chi connectivity index (χ0v) is 12.0. The third-order valence-electron chi connectivity index (χ3n) is 4.11. The number of benzene rings is 1. The summed E-state index contributed by atoms with van der Waals surface area (Å²) >= 11 is 0. The molecule has 0 unspecified atom stereocenters. The van der Waals surface area contributed by atoms with Gasteiger partial charge in [0.15, 0.2) is 0 Å². The monoisotopic (exact) mass is 246 g/mol. The van der Waals surface area contributed by atoms with Gasteiger partial charge in [0.05, 0.1) is 0 Å². The molecule has 0 aliphatic carbocycles. The topological polar surface area (TPSA) is 15.3 Å². The van der Waals surface area contributed by atoms with Gasteiger partial charge in [-0.3, -0.25) is 4.90 Å². The van der Waals surface area contributed by atoms with Crippen molar-refractivity contribution in [1.82, 2.24) is 10.2 Å². The Hall–Kier alpha value is -0.860. The maximum absolute atomic E-state index is 3.48. The van der Waals surface area contributed by atoms with Crippen LogP contribution in [0.25, 0.3) is 0 Å². The van der Waals surface area contributed by atoms with Gasteiger partial charge in [-0.15, -0.1) is 0 Å². The Morgan fingerprint density at radius 1 is 1.28 bits per heavy atom. The van der Waals surface area contributed by atoms with Crippen LogP contribution < -0.4 is 5.32 Å². The molecule has 0 amide bonds. The second-order valence-corrected chi connectivity index (χ2v) is 6.01. The average molecular weight is 246 g/mol. The SMILES string of the molecule is Cc1ccccc1CCCN1CCNCC1(C)C. The molecule has 2 nitrogen and oxygen atoms in total. The molecule has 1 aromatic rings. The molecule has 0 saturated carbocycles. The molecule has 0 spiro atoms. The fourth-order valence-electron chi connectivity index (χ4n) is 2.79. The Balaban J connectivity index is 1.83. The van der Waals surface area contributed by atoms with E-state index in [-0.39, 0.29) is 0 Å². The van der Waals surface area contributed by atoms with Gasteiger partial charge in [-0.2, -0.15) is 0 Å². The van der Waals surface area contributed by atoms with E-state index in [0.29, 0.717) is 5.54 Å². The van der Waals surface area contributed by atoms with E-state index in [2.05, 4.69) is 55.3 Å². The van der Waals surface area contributed by atoms with E-state index >= 15 is 0 Å². The standard InChI is InChI=1S/C16H26N2/c1-14-7-4-5-8-15(14)9-6-11-18-12-10-17-13-16(18,2)3/h4-5,7-8,17H,6,9-13H2,1-3H3. The quantitative estimate of drug-likeness (QED) is 0.878. The fraction of sp³-hybridized carbons (Fsp3) is 0.625. The molecule has 0 radical (unpaired) electrons. The Kier molecular flexibility index (Phi) is 4.41. The normalized spacial score (nSPS) is 19.9. The molecular weight excluding hydrogens is 220 g/mol. The summed E-state index contributed by atoms with van der Waals surface area (Å²) in [5, 5.41) is 3.48. The van der Waals surface area contributed by atoms with Crippen molar-refractivity contribution in [1.29, 1.82) is 0 Å². The lowest BCUT2D eigenvalue weighted by atomic mass is 9.98. The van der Waals surface area contributed by atoms with Crippen LogP contribution >= 0.6 is 0 Å². The summed E-state index contributed by atoms with van der Waals surface area (Å²) in [4.78, 5) is 2.63. The minimum atomic E-state index is 0.310. The number of nitrogens with one attached hydrogen (secondary N) is 1. The van der Waals surface area contributed by atoms with E-state index in [1.54, 1.807) is 0 Å². The van der Waals surface area contributed by atoms with Crippen LogP contribution in [0.5, 0.6) is 0 Å². The van der Waals surface area contributed by atoms with Crippen molar-refractivity contribution in [3.8, 4) is 0 Å². The summed E-state index contributed by atoms with van der Waals surface area (Å²) in [6.45, 7) is 11.5. The summed E-state index contributed by atoms with van der Waals surface area (Å²) < 4.78 is 0. The molecule has 1 aromatic carbocycles. The van der Waals surface area contributed by atoms with Crippen LogP contribution in [0.3, 0.4) is 0 Å². The molecular formula is C16H26N2. The molecule has 18 heavy (non-hydrogen) atoms. The molecule has 1 N–H and O–H groups in total. The zero-order valence-electron chi connectivity index (χ0n) is 12.0. The third-order valence-corrected chi connectivity index (χ3v) is 4.11. The van der Waals surface area contributed by atoms with E-state index in [4.69, 9.17) is 0 Å². The predicted molar refractivity (Wildman–Crippen MR) is 78.0 cm³/mol. The summed E-state index contributed by atoms with van der Waals surface area (Å²) in [5.41, 5.74) is 3.24. The molecule has 1 aliphatic heterocycles. The van der Waals surface area contributed by atoms with Crippen molar-refractivity contribution in [2.75, 3.05) is 26.2 Å². The van der Waals surface area contributed by atoms with Crippen LogP contribution in [0.2, 0.25) is 0 Å². The first kappa shape index (κ1) is 13.6. The highest BCUT2D eigenvalue weighted by molar-refractivity contribution is 5.25. The van der Waals surface area contributed by atoms with Crippen LogP contribution in [0, 0.1) is 6.92 Å². The molecule has 1 aliphatic rings. The molecule has 1 fully saturated rings. The number of hydrogen-bond acceptors (Lipinski definition) is 2. The third kappa shape index (κ3) is 3.33. The van der Waals surface area contributed by atoms with E-state index in [9.17, 15) is 0 Å². The predicted octanol–water partition coefficient (Wildman–Crippen LogP) is 2.61. The van der Waals surface area contributed by atoms with Crippen molar-refractivity contribution >= 4 is 0 Å². The molecule has 0 aromatic heterocycles. The van der Waals surface area contributed by atoms with Gasteiger partial charge >= 0.3 is 0 Å². The summed E-state index contributed by atoms with van der Waals surface area (Å²) in [6.07, 6.45) is 2.46. The Bertz CT molecular complexity index is 384. The highest BCUT2D eigenvalue weighted by Crippen LogP contribution is 2.17. The first-order chi connectivity index (χ1) is 8.59. The molecule has 1 heterocycles. The largest absolute Gasteiger partial charge is 0.314 e. The highest BCUT2D eigenvalue weighted by atomic mass is 15.2. The number of rotatable bonds is 4. The number of piperazine rings is 1. The summed E-state index contributed by atoms with van der Waals surface area (Å²) in [6, 6.07) is 8.75. The van der Waals surface area contributed by atoms with E-state index in [1.807, 2.05) is 0 Å². The smallest absolute Gasteiger partial charge is 0.0278 e. The highest BCUT2D eigenvalue weighted by Gasteiger charge is 2.28. The number of aryl methyl sites for hydroxylation is 2. The molecule has 1 saturated heterocycles. The molecule has 0 bridgehead atoms. The Morgan fingerprint density at radius 2 is 2.06 bits per heavy atom. The molecule has 0 atom stereocenters. The minimum absolute atomic E-state index is 0.310. The van der Waals surface area contributed by atoms with Gasteiger partial charge < -0.3 is 5.32 Å². The van der Waals surface area contributed by atoms with E-state index in [1.165, 1.54) is 37.1 Å². The van der Waals surface area contributed by atoms with Crippen LogP contribution in [0.15, 0.2) is 24.3 Å². The zero-order chi connectivity index (χ0) is 13.0. The lowest BCUT2D eigenvalue weighted by Crippen LogP contribution is -2.58. The van der Waals surface area contributed by atoms with Gasteiger partial charge in [-0.25, -0.2) is 0 Å². The van der Waals surface area contributed by atoms with Crippen molar-refractivity contribution in [2.24, 2.45) is 0 Å². The van der Waals surface area contributed by atoms with Crippen molar-refractivity contribution < 1.29 is 0 Å². The van der Waals surface area contributed by atoms with Crippen LogP contribution in [0.4, 0.5) is 0 Å². The van der Waals surface area contributed by atoms with Gasteiger partial charge in [0.1, 0.15) is 0 Å². The van der Waals surface area contributed by atoms with Crippen molar-refractivity contribution in [3.05, 3.63) is 35.4 Å². The second-order valence-electron chi connectivity index (χ2n) is 6.01. The van der Waals surface area contributed by atoms with E-state index < -0.39 is 0 Å². The van der Waals surface area contributed by atoms with Gasteiger partial charge in [-0.1, -0.05) is 24.3 Å². The fourth-order valence-corrected chi connectivity index (χ4v) is 2.79. The second kappa shape index (κ2) is 5.85. The van der Waals surface area contributed by atoms with Gasteiger partial charge in [0.2, 0.25) is 0 Å². The molecule has 100 valence electrons. The molecule has 2 heteroatoms. The van der Waals surface area contributed by atoms with Crippen LogP contribution in [-0.4, -0.2) is 36.6 Å². The Morgan fingerprint density at radius 3 is 2.78 bits per heavy atom. The molecule has 2 rings (SSSR count). The maximum atomic E-state index is 3.48. The Labute approximate surface area is 111 Å². The van der Waals surface area contributed by atoms with E-state index in [0.717, 1.165) is 13.1 Å². The maximum Gasteiger partial charge on any atom is 0.0278 e. The lowest BCUT2D eigenvalue weighted by Gasteiger charge is -2.43. The summed E-state index contributed by atoms with van der Waals surface area (Å²) in [5.74, 6) is 0.